The summed E-state index contributed by atoms with van der Waals surface area (Å²) in [4.78, 5) is 11.0. The van der Waals surface area contributed by atoms with Gasteiger partial charge < -0.3 is 14.6 Å². The number of fused-ring (bicyclic) bond motifs is 1. The quantitative estimate of drug-likeness (QED) is 0.923. The van der Waals surface area contributed by atoms with Crippen LogP contribution in [0.5, 0.6) is 11.5 Å². The van der Waals surface area contributed by atoms with Crippen LogP contribution in [0.4, 0.5) is 8.78 Å². The van der Waals surface area contributed by atoms with Crippen LogP contribution in [-0.4, -0.2) is 24.3 Å². The lowest BCUT2D eigenvalue weighted by atomic mass is 9.88. The molecule has 0 bridgehead atoms. The van der Waals surface area contributed by atoms with E-state index in [4.69, 9.17) is 14.6 Å². The van der Waals surface area contributed by atoms with E-state index >= 15 is 0 Å². The number of hydrogen-bond donors (Lipinski definition) is 1. The monoisotopic (exact) mass is 284 g/mol. The molecule has 0 atom stereocenters. The summed E-state index contributed by atoms with van der Waals surface area (Å²) in [5.74, 6) is -0.244. The van der Waals surface area contributed by atoms with Gasteiger partial charge in [0.2, 0.25) is 0 Å². The van der Waals surface area contributed by atoms with Crippen LogP contribution in [0.25, 0.3) is 0 Å². The van der Waals surface area contributed by atoms with Gasteiger partial charge in [0.1, 0.15) is 13.2 Å². The van der Waals surface area contributed by atoms with Gasteiger partial charge in [-0.3, -0.25) is 4.79 Å². The number of carbonyl (C=O) groups is 1. The molecule has 1 aliphatic carbocycles. The zero-order valence-electron chi connectivity index (χ0n) is 10.7. The number of halogens is 2. The summed E-state index contributed by atoms with van der Waals surface area (Å²) < 4.78 is 37.2. The van der Waals surface area contributed by atoms with Gasteiger partial charge >= 0.3 is 5.97 Å². The van der Waals surface area contributed by atoms with E-state index in [1.54, 1.807) is 0 Å². The Labute approximate surface area is 114 Å². The van der Waals surface area contributed by atoms with E-state index < -0.39 is 17.8 Å². The largest absolute Gasteiger partial charge is 0.486 e. The minimum atomic E-state index is -2.66. The molecule has 0 aromatic heterocycles. The smallest absolute Gasteiger partial charge is 0.304 e. The fourth-order valence-corrected chi connectivity index (χ4v) is 2.73. The number of carboxylic acids is 1. The normalized spacial score (nSPS) is 18.9. The second-order valence-corrected chi connectivity index (χ2v) is 5.23. The molecule has 0 radical (unpaired) electrons. The van der Waals surface area contributed by atoms with E-state index in [0.29, 0.717) is 43.1 Å². The van der Waals surface area contributed by atoms with Crippen LogP contribution in [0.15, 0.2) is 12.1 Å². The van der Waals surface area contributed by atoms with Crippen molar-refractivity contribution in [2.45, 2.75) is 31.1 Å². The lowest BCUT2D eigenvalue weighted by Gasteiger charge is -2.24. The summed E-state index contributed by atoms with van der Waals surface area (Å²) in [6, 6.07) is 2.82. The third-order valence-corrected chi connectivity index (χ3v) is 3.86. The summed E-state index contributed by atoms with van der Waals surface area (Å²) in [7, 11) is 0. The SMILES string of the molecule is O=C(O)CC1(c2cc3c(cc2C(F)F)OCCO3)CC1. The van der Waals surface area contributed by atoms with Gasteiger partial charge in [-0.25, -0.2) is 8.78 Å². The maximum absolute atomic E-state index is 13.2. The first kappa shape index (κ1) is 13.1. The number of benzene rings is 1. The molecule has 1 aromatic rings. The van der Waals surface area contributed by atoms with Gasteiger partial charge in [0, 0.05) is 11.0 Å². The van der Waals surface area contributed by atoms with Crippen LogP contribution >= 0.6 is 0 Å². The van der Waals surface area contributed by atoms with Crippen molar-refractivity contribution in [3.63, 3.8) is 0 Å². The first-order chi connectivity index (χ1) is 9.52. The Hall–Kier alpha value is -1.85. The van der Waals surface area contributed by atoms with Gasteiger partial charge in [-0.05, 0) is 30.5 Å². The molecule has 3 rings (SSSR count). The van der Waals surface area contributed by atoms with Gasteiger partial charge in [-0.2, -0.15) is 0 Å². The molecule has 1 fully saturated rings. The molecular formula is C14H14F2O4. The molecule has 0 spiro atoms. The number of hydrogen-bond acceptors (Lipinski definition) is 3. The zero-order chi connectivity index (χ0) is 14.3. The maximum Gasteiger partial charge on any atom is 0.304 e. The molecule has 0 amide bonds. The van der Waals surface area contributed by atoms with Crippen molar-refractivity contribution in [1.29, 1.82) is 0 Å². The van der Waals surface area contributed by atoms with Crippen molar-refractivity contribution in [2.75, 3.05) is 13.2 Å². The fraction of sp³-hybridized carbons (Fsp3) is 0.500. The second-order valence-electron chi connectivity index (χ2n) is 5.23. The van der Waals surface area contributed by atoms with Crippen molar-refractivity contribution < 1.29 is 28.2 Å². The summed E-state index contributed by atoms with van der Waals surface area (Å²) >= 11 is 0. The van der Waals surface area contributed by atoms with Crippen molar-refractivity contribution in [2.24, 2.45) is 0 Å². The number of carboxylic acid groups (broad SMARTS) is 1. The van der Waals surface area contributed by atoms with Gasteiger partial charge in [0.25, 0.3) is 6.43 Å². The van der Waals surface area contributed by atoms with Gasteiger partial charge in [-0.1, -0.05) is 0 Å². The third-order valence-electron chi connectivity index (χ3n) is 3.86. The average Bonchev–Trinajstić information content (AvgIpc) is 3.17. The molecule has 1 saturated carbocycles. The van der Waals surface area contributed by atoms with Gasteiger partial charge in [0.05, 0.1) is 6.42 Å². The Bertz CT molecular complexity index is 552. The highest BCUT2D eigenvalue weighted by Crippen LogP contribution is 2.55. The van der Waals surface area contributed by atoms with Gasteiger partial charge in [0.15, 0.2) is 11.5 Å². The van der Waals surface area contributed by atoms with E-state index in [-0.39, 0.29) is 12.0 Å². The molecule has 1 aliphatic heterocycles. The molecule has 108 valence electrons. The molecule has 6 heteroatoms. The standard InChI is InChI=1S/C14H14F2O4/c15-13(16)8-5-10-11(20-4-3-19-10)6-9(8)14(1-2-14)7-12(17)18/h5-6,13H,1-4,7H2,(H,17,18). The molecule has 1 aromatic carbocycles. The first-order valence-corrected chi connectivity index (χ1v) is 6.46. The van der Waals surface area contributed by atoms with E-state index in [9.17, 15) is 13.6 Å². The summed E-state index contributed by atoms with van der Waals surface area (Å²) in [5.41, 5.74) is -0.430. The molecule has 2 aliphatic rings. The van der Waals surface area contributed by atoms with Crippen molar-refractivity contribution in [1.82, 2.24) is 0 Å². The molecule has 1 N–H and O–H groups in total. The van der Waals surface area contributed by atoms with Crippen LogP contribution in [0.1, 0.15) is 36.8 Å². The number of ether oxygens (including phenoxy) is 2. The molecule has 1 heterocycles. The zero-order valence-corrected chi connectivity index (χ0v) is 10.7. The molecular weight excluding hydrogens is 270 g/mol. The Morgan fingerprint density at radius 1 is 1.25 bits per heavy atom. The highest BCUT2D eigenvalue weighted by molar-refractivity contribution is 5.70. The van der Waals surface area contributed by atoms with Crippen LogP contribution in [0.3, 0.4) is 0 Å². The number of aliphatic carboxylic acids is 1. The number of rotatable bonds is 4. The van der Waals surface area contributed by atoms with E-state index in [2.05, 4.69) is 0 Å². The van der Waals surface area contributed by atoms with E-state index in [1.807, 2.05) is 0 Å². The van der Waals surface area contributed by atoms with Crippen LogP contribution in [0, 0.1) is 0 Å². The Balaban J connectivity index is 2.06. The fourth-order valence-electron chi connectivity index (χ4n) is 2.73. The first-order valence-electron chi connectivity index (χ1n) is 6.46. The topological polar surface area (TPSA) is 55.8 Å². The minimum absolute atomic E-state index is 0.133. The molecule has 20 heavy (non-hydrogen) atoms. The van der Waals surface area contributed by atoms with Crippen LogP contribution in [-0.2, 0) is 10.2 Å². The lowest BCUT2D eigenvalue weighted by molar-refractivity contribution is -0.137. The van der Waals surface area contributed by atoms with Crippen molar-refractivity contribution in [3.05, 3.63) is 23.3 Å². The summed E-state index contributed by atoms with van der Waals surface area (Å²) in [6.07, 6.45) is -1.57. The Kier molecular flexibility index (Phi) is 3.03. The van der Waals surface area contributed by atoms with Crippen LogP contribution in [0.2, 0.25) is 0 Å². The maximum atomic E-state index is 13.2. The molecule has 0 saturated heterocycles. The lowest BCUT2D eigenvalue weighted by Crippen LogP contribution is -2.19. The van der Waals surface area contributed by atoms with Crippen LogP contribution < -0.4 is 9.47 Å². The van der Waals surface area contributed by atoms with E-state index in [0.717, 1.165) is 0 Å². The molecule has 0 unspecified atom stereocenters. The average molecular weight is 284 g/mol. The molecule has 4 nitrogen and oxygen atoms in total. The minimum Gasteiger partial charge on any atom is -0.486 e. The van der Waals surface area contributed by atoms with Crippen molar-refractivity contribution >= 4 is 5.97 Å². The van der Waals surface area contributed by atoms with E-state index in [1.165, 1.54) is 12.1 Å². The Morgan fingerprint density at radius 3 is 2.35 bits per heavy atom. The highest BCUT2D eigenvalue weighted by Gasteiger charge is 2.48. The number of alkyl halides is 2. The summed E-state index contributed by atoms with van der Waals surface area (Å²) in [6.45, 7) is 0.696. The van der Waals surface area contributed by atoms with Gasteiger partial charge in [-0.15, -0.1) is 0 Å². The van der Waals surface area contributed by atoms with Crippen molar-refractivity contribution in [3.8, 4) is 11.5 Å². The third kappa shape index (κ3) is 2.19. The summed E-state index contributed by atoms with van der Waals surface area (Å²) in [5, 5.41) is 8.97. The predicted molar refractivity (Wildman–Crippen MR) is 65.6 cm³/mol. The Morgan fingerprint density at radius 2 is 1.85 bits per heavy atom. The highest BCUT2D eigenvalue weighted by atomic mass is 19.3. The second kappa shape index (κ2) is 4.61. The predicted octanol–water partition coefficient (Wildman–Crippen LogP) is 2.90.